The minimum Gasteiger partial charge on any atom is -0.453 e. The van der Waals surface area contributed by atoms with E-state index in [0.717, 1.165) is 31.9 Å². The zero-order valence-electron chi connectivity index (χ0n) is 11.6. The summed E-state index contributed by atoms with van der Waals surface area (Å²) in [6, 6.07) is 3.44. The maximum Gasteiger partial charge on any atom is 0.411 e. The van der Waals surface area contributed by atoms with E-state index < -0.39 is 6.09 Å². The second-order valence-corrected chi connectivity index (χ2v) is 5.18. The number of piperazine rings is 1. The summed E-state index contributed by atoms with van der Waals surface area (Å²) < 4.78 is 4.58. The molecular formula is C13H19ClN4O2. The highest BCUT2D eigenvalue weighted by Gasteiger charge is 2.19. The van der Waals surface area contributed by atoms with Crippen LogP contribution in [-0.2, 0) is 4.74 Å². The molecule has 6 nitrogen and oxygen atoms in total. The van der Waals surface area contributed by atoms with Gasteiger partial charge in [0, 0.05) is 31.9 Å². The zero-order chi connectivity index (χ0) is 14.7. The number of methoxy groups -OCH3 is 1. The average Bonchev–Trinajstić information content (AvgIpc) is 2.43. The molecule has 1 heterocycles. The lowest BCUT2D eigenvalue weighted by atomic mass is 10.2. The first-order valence-corrected chi connectivity index (χ1v) is 6.76. The molecular weight excluding hydrogens is 280 g/mol. The Kier molecular flexibility index (Phi) is 4.57. The lowest BCUT2D eigenvalue weighted by Gasteiger charge is -2.35. The van der Waals surface area contributed by atoms with Crippen molar-refractivity contribution in [3.8, 4) is 0 Å². The highest BCUT2D eigenvalue weighted by atomic mass is 35.5. The normalized spacial score (nSPS) is 16.1. The summed E-state index contributed by atoms with van der Waals surface area (Å²) in [5.74, 6) is 0. The number of anilines is 3. The van der Waals surface area contributed by atoms with Crippen LogP contribution in [0.15, 0.2) is 12.1 Å². The number of nitrogen functional groups attached to an aromatic ring is 1. The van der Waals surface area contributed by atoms with Gasteiger partial charge in [0.1, 0.15) is 0 Å². The molecule has 0 radical (unpaired) electrons. The molecule has 0 unspecified atom stereocenters. The number of benzene rings is 1. The number of ether oxygens (including phenoxy) is 1. The van der Waals surface area contributed by atoms with Gasteiger partial charge in [0.15, 0.2) is 0 Å². The molecule has 0 spiro atoms. The van der Waals surface area contributed by atoms with Gasteiger partial charge in [-0.3, -0.25) is 5.32 Å². The van der Waals surface area contributed by atoms with E-state index in [4.69, 9.17) is 17.3 Å². The average molecular weight is 299 g/mol. The summed E-state index contributed by atoms with van der Waals surface area (Å²) >= 11 is 6.28. The van der Waals surface area contributed by atoms with E-state index in [1.807, 2.05) is 6.07 Å². The van der Waals surface area contributed by atoms with E-state index in [1.165, 1.54) is 7.11 Å². The van der Waals surface area contributed by atoms with E-state index in [9.17, 15) is 4.79 Å². The van der Waals surface area contributed by atoms with Gasteiger partial charge in [-0.2, -0.15) is 0 Å². The van der Waals surface area contributed by atoms with Crippen molar-refractivity contribution in [2.45, 2.75) is 0 Å². The number of amides is 1. The number of hydrogen-bond acceptors (Lipinski definition) is 5. The fourth-order valence-corrected chi connectivity index (χ4v) is 2.38. The molecule has 110 valence electrons. The van der Waals surface area contributed by atoms with Crippen LogP contribution in [-0.4, -0.2) is 51.3 Å². The first-order chi connectivity index (χ1) is 9.51. The first-order valence-electron chi connectivity index (χ1n) is 6.38. The molecule has 1 saturated heterocycles. The number of hydrogen-bond donors (Lipinski definition) is 2. The van der Waals surface area contributed by atoms with Crippen molar-refractivity contribution in [3.63, 3.8) is 0 Å². The smallest absolute Gasteiger partial charge is 0.411 e. The molecule has 1 aromatic rings. The molecule has 20 heavy (non-hydrogen) atoms. The molecule has 0 aromatic heterocycles. The van der Waals surface area contributed by atoms with E-state index in [2.05, 4.69) is 26.9 Å². The highest BCUT2D eigenvalue weighted by molar-refractivity contribution is 6.36. The second-order valence-electron chi connectivity index (χ2n) is 4.81. The molecule has 1 amide bonds. The summed E-state index contributed by atoms with van der Waals surface area (Å²) in [7, 11) is 3.40. The van der Waals surface area contributed by atoms with Gasteiger partial charge in [0.2, 0.25) is 0 Å². The number of rotatable bonds is 2. The molecule has 0 saturated carbocycles. The van der Waals surface area contributed by atoms with Crippen molar-refractivity contribution in [2.24, 2.45) is 0 Å². The molecule has 1 aliphatic rings. The van der Waals surface area contributed by atoms with Crippen LogP contribution in [0.1, 0.15) is 0 Å². The van der Waals surface area contributed by atoms with Gasteiger partial charge in [0.05, 0.1) is 23.5 Å². The van der Waals surface area contributed by atoms with Crippen LogP contribution in [0, 0.1) is 0 Å². The Balaban J connectivity index is 2.25. The van der Waals surface area contributed by atoms with Gasteiger partial charge >= 0.3 is 6.09 Å². The third kappa shape index (κ3) is 3.26. The van der Waals surface area contributed by atoms with E-state index in [-0.39, 0.29) is 0 Å². The quantitative estimate of drug-likeness (QED) is 0.816. The molecule has 3 N–H and O–H groups in total. The van der Waals surface area contributed by atoms with Crippen molar-refractivity contribution in [3.05, 3.63) is 17.2 Å². The summed E-state index contributed by atoms with van der Waals surface area (Å²) in [6.45, 7) is 3.67. The van der Waals surface area contributed by atoms with Crippen molar-refractivity contribution in [1.82, 2.24) is 4.90 Å². The molecule has 0 aliphatic carbocycles. The number of carbonyl (C=O) groups excluding carboxylic acids is 1. The van der Waals surface area contributed by atoms with Gasteiger partial charge in [-0.15, -0.1) is 0 Å². The second kappa shape index (κ2) is 6.19. The van der Waals surface area contributed by atoms with Crippen molar-refractivity contribution < 1.29 is 9.53 Å². The number of halogens is 1. The fourth-order valence-electron chi connectivity index (χ4n) is 2.15. The molecule has 0 atom stereocenters. The minimum atomic E-state index is -0.531. The van der Waals surface area contributed by atoms with Crippen LogP contribution in [0.25, 0.3) is 0 Å². The van der Waals surface area contributed by atoms with E-state index in [1.54, 1.807) is 6.07 Å². The number of likely N-dealkylation sites (N-methyl/N-ethyl adjacent to an activating group) is 1. The summed E-state index contributed by atoms with van der Waals surface area (Å²) in [4.78, 5) is 15.7. The summed E-state index contributed by atoms with van der Waals surface area (Å²) in [6.07, 6.45) is -0.531. The number of carbonyl (C=O) groups is 1. The lowest BCUT2D eigenvalue weighted by Crippen LogP contribution is -2.44. The maximum atomic E-state index is 11.3. The molecule has 0 bridgehead atoms. The predicted octanol–water partition coefficient (Wildman–Crippen LogP) is 1.85. The summed E-state index contributed by atoms with van der Waals surface area (Å²) in [5.41, 5.74) is 7.77. The summed E-state index contributed by atoms with van der Waals surface area (Å²) in [5, 5.41) is 3.13. The Hall–Kier alpha value is -1.66. The topological polar surface area (TPSA) is 70.8 Å². The van der Waals surface area contributed by atoms with E-state index >= 15 is 0 Å². The van der Waals surface area contributed by atoms with Crippen LogP contribution < -0.4 is 16.0 Å². The van der Waals surface area contributed by atoms with Gasteiger partial charge in [-0.1, -0.05) is 11.6 Å². The Labute approximate surface area is 123 Å². The fraction of sp³-hybridized carbons (Fsp3) is 0.462. The number of nitrogens with one attached hydrogen (secondary N) is 1. The number of nitrogens with two attached hydrogens (primary N) is 1. The van der Waals surface area contributed by atoms with Crippen LogP contribution >= 0.6 is 11.6 Å². The first kappa shape index (κ1) is 14.7. The van der Waals surface area contributed by atoms with Crippen LogP contribution in [0.3, 0.4) is 0 Å². The minimum absolute atomic E-state index is 0.439. The predicted molar refractivity (Wildman–Crippen MR) is 81.6 cm³/mol. The number of nitrogens with zero attached hydrogens (tertiary/aromatic N) is 2. The Morgan fingerprint density at radius 2 is 2.00 bits per heavy atom. The van der Waals surface area contributed by atoms with Gasteiger partial charge in [0.25, 0.3) is 0 Å². The largest absolute Gasteiger partial charge is 0.453 e. The standard InChI is InChI=1S/C13H19ClN4O2/c1-17-3-5-18(6-4-17)11-8-9(16-13(19)20-2)7-10(15)12(11)14/h7-8H,3-6,15H2,1-2H3,(H,16,19). The van der Waals surface area contributed by atoms with Crippen molar-refractivity contribution >= 4 is 34.8 Å². The third-order valence-corrected chi connectivity index (χ3v) is 3.77. The van der Waals surface area contributed by atoms with Gasteiger partial charge in [-0.05, 0) is 19.2 Å². The van der Waals surface area contributed by atoms with Crippen LogP contribution in [0.5, 0.6) is 0 Å². The SMILES string of the molecule is COC(=O)Nc1cc(N)c(Cl)c(N2CCN(C)CC2)c1. The Bertz CT molecular complexity index is 501. The monoisotopic (exact) mass is 298 g/mol. The van der Waals surface area contributed by atoms with Crippen molar-refractivity contribution in [2.75, 3.05) is 56.3 Å². The molecule has 1 aromatic carbocycles. The lowest BCUT2D eigenvalue weighted by molar-refractivity contribution is 0.187. The zero-order valence-corrected chi connectivity index (χ0v) is 12.4. The third-order valence-electron chi connectivity index (χ3n) is 3.36. The molecule has 1 aliphatic heterocycles. The molecule has 2 rings (SSSR count). The Morgan fingerprint density at radius 3 is 2.60 bits per heavy atom. The highest BCUT2D eigenvalue weighted by Crippen LogP contribution is 2.35. The molecule has 1 fully saturated rings. The van der Waals surface area contributed by atoms with Crippen LogP contribution in [0.4, 0.5) is 21.9 Å². The van der Waals surface area contributed by atoms with Gasteiger partial charge < -0.3 is 20.3 Å². The van der Waals surface area contributed by atoms with Gasteiger partial charge in [-0.25, -0.2) is 4.79 Å². The van der Waals surface area contributed by atoms with Crippen molar-refractivity contribution in [1.29, 1.82) is 0 Å². The Morgan fingerprint density at radius 1 is 1.35 bits per heavy atom. The van der Waals surface area contributed by atoms with Crippen LogP contribution in [0.2, 0.25) is 5.02 Å². The molecule has 7 heteroatoms. The van der Waals surface area contributed by atoms with E-state index in [0.29, 0.717) is 16.4 Å². The maximum absolute atomic E-state index is 11.3.